The van der Waals surface area contributed by atoms with Gasteiger partial charge in [-0.1, -0.05) is 83.5 Å². The molecule has 3 rings (SSSR count). The lowest BCUT2D eigenvalue weighted by atomic mass is 10.2. The van der Waals surface area contributed by atoms with Gasteiger partial charge in [0.2, 0.25) is 8.32 Å². The molecular weight excluding hydrogens is 446 g/mol. The quantitative estimate of drug-likeness (QED) is 0.298. The lowest BCUT2D eigenvalue weighted by Gasteiger charge is -2.41. The van der Waals surface area contributed by atoms with Crippen molar-refractivity contribution in [1.29, 1.82) is 0 Å². The van der Waals surface area contributed by atoms with Crippen LogP contribution >= 0.6 is 0 Å². The van der Waals surface area contributed by atoms with Crippen molar-refractivity contribution in [2.45, 2.75) is 70.0 Å². The average molecular weight is 484 g/mol. The predicted octanol–water partition coefficient (Wildman–Crippen LogP) is 7.39. The molecule has 0 unspecified atom stereocenters. The topological polar surface area (TPSA) is 48.3 Å². The van der Waals surface area contributed by atoms with Crippen LogP contribution in [0.25, 0.3) is 17.0 Å². The first-order valence-electron chi connectivity index (χ1n) is 11.7. The van der Waals surface area contributed by atoms with Crippen LogP contribution in [0.3, 0.4) is 0 Å². The zero-order chi connectivity index (χ0) is 24.4. The fraction of sp³-hybridized carbons (Fsp3) is 0.407. The summed E-state index contributed by atoms with van der Waals surface area (Å²) in [5, 5.41) is 0.893. The van der Waals surface area contributed by atoms with Gasteiger partial charge in [-0.3, -0.25) is 0 Å². The van der Waals surface area contributed by atoms with E-state index in [1.165, 1.54) is 3.97 Å². The first-order chi connectivity index (χ1) is 15.5. The highest BCUT2D eigenvalue weighted by atomic mass is 32.2. The highest BCUT2D eigenvalue weighted by Crippen LogP contribution is 2.42. The third kappa shape index (κ3) is 4.88. The molecule has 1 aromatic heterocycles. The Bertz CT molecular complexity index is 1200. The van der Waals surface area contributed by atoms with E-state index in [1.54, 1.807) is 12.1 Å². The minimum atomic E-state index is -3.74. The maximum Gasteiger partial charge on any atom is 0.268 e. The van der Waals surface area contributed by atoms with E-state index in [-0.39, 0.29) is 4.90 Å². The molecule has 1 heterocycles. The van der Waals surface area contributed by atoms with Crippen molar-refractivity contribution in [2.75, 3.05) is 6.61 Å². The number of fused-ring (bicyclic) bond motifs is 1. The molecule has 0 aliphatic rings. The summed E-state index contributed by atoms with van der Waals surface area (Å²) in [7, 11) is -5.72. The van der Waals surface area contributed by atoms with Gasteiger partial charge in [0.1, 0.15) is 0 Å². The Morgan fingerprint density at radius 3 is 2.06 bits per heavy atom. The van der Waals surface area contributed by atoms with Crippen LogP contribution in [0.1, 0.15) is 52.8 Å². The molecular formula is C27H37NO3SSi. The van der Waals surface area contributed by atoms with Crippen LogP contribution in [0.4, 0.5) is 0 Å². The van der Waals surface area contributed by atoms with Gasteiger partial charge in [0.25, 0.3) is 10.0 Å². The van der Waals surface area contributed by atoms with Gasteiger partial charge in [0.05, 0.1) is 22.7 Å². The first-order valence-corrected chi connectivity index (χ1v) is 15.3. The number of hydrogen-bond acceptors (Lipinski definition) is 3. The van der Waals surface area contributed by atoms with Crippen LogP contribution in [0.5, 0.6) is 0 Å². The molecule has 0 aliphatic carbocycles. The van der Waals surface area contributed by atoms with Gasteiger partial charge in [-0.05, 0) is 53.9 Å². The molecule has 0 amide bonds. The SMILES string of the molecule is Cc1ccc(S(=O)(=O)n2c(/C=C/CO[Si](C(C)C)(C(C)C)C(C)C)cc3ccccc32)cc1. The van der Waals surface area contributed by atoms with Crippen LogP contribution in [0.2, 0.25) is 16.6 Å². The lowest BCUT2D eigenvalue weighted by Crippen LogP contribution is -2.47. The van der Waals surface area contributed by atoms with Crippen LogP contribution in [0, 0.1) is 6.92 Å². The first kappa shape index (κ1) is 25.5. The molecule has 2 aromatic carbocycles. The van der Waals surface area contributed by atoms with E-state index in [2.05, 4.69) is 41.5 Å². The molecule has 33 heavy (non-hydrogen) atoms. The van der Waals surface area contributed by atoms with Gasteiger partial charge in [-0.15, -0.1) is 0 Å². The minimum absolute atomic E-state index is 0.284. The summed E-state index contributed by atoms with van der Waals surface area (Å²) in [6.45, 7) is 16.0. The van der Waals surface area contributed by atoms with Crippen LogP contribution in [-0.2, 0) is 14.4 Å². The Morgan fingerprint density at radius 1 is 0.909 bits per heavy atom. The minimum Gasteiger partial charge on any atom is -0.412 e. The highest BCUT2D eigenvalue weighted by Gasteiger charge is 2.44. The molecule has 0 bridgehead atoms. The van der Waals surface area contributed by atoms with Crippen LogP contribution < -0.4 is 0 Å². The molecule has 0 saturated heterocycles. The Hall–Kier alpha value is -2.15. The van der Waals surface area contributed by atoms with Gasteiger partial charge in [-0.25, -0.2) is 12.4 Å². The Kier molecular flexibility index (Phi) is 7.71. The average Bonchev–Trinajstić information content (AvgIpc) is 3.12. The summed E-state index contributed by atoms with van der Waals surface area (Å²) < 4.78 is 35.3. The van der Waals surface area contributed by atoms with E-state index in [0.717, 1.165) is 10.9 Å². The molecule has 0 aliphatic heterocycles. The molecule has 6 heteroatoms. The van der Waals surface area contributed by atoms with Crippen molar-refractivity contribution in [1.82, 2.24) is 3.97 Å². The number of rotatable bonds is 9. The largest absolute Gasteiger partial charge is 0.412 e. The van der Waals surface area contributed by atoms with Gasteiger partial charge < -0.3 is 4.43 Å². The summed E-state index contributed by atoms with van der Waals surface area (Å²) in [4.78, 5) is 0.284. The Labute approximate surface area is 200 Å². The molecule has 0 spiro atoms. The van der Waals surface area contributed by atoms with Gasteiger partial charge in [0, 0.05) is 5.39 Å². The van der Waals surface area contributed by atoms with E-state index in [1.807, 2.05) is 61.5 Å². The Balaban J connectivity index is 1.99. The smallest absolute Gasteiger partial charge is 0.268 e. The molecule has 4 nitrogen and oxygen atoms in total. The standard InChI is InChI=1S/C27H37NO3SSi/c1-20(2)33(21(3)4,22(5)6)31-18-10-12-25-19-24-11-8-9-13-27(24)28(25)32(29,30)26-16-14-23(7)15-17-26/h8-17,19-22H,18H2,1-7H3/b12-10+. The third-order valence-corrected chi connectivity index (χ3v) is 14.5. The summed E-state index contributed by atoms with van der Waals surface area (Å²) in [5.74, 6) is 0. The number of hydrogen-bond donors (Lipinski definition) is 0. The van der Waals surface area contributed by atoms with E-state index in [0.29, 0.717) is 34.4 Å². The number of aryl methyl sites for hydroxylation is 1. The van der Waals surface area contributed by atoms with E-state index in [4.69, 9.17) is 4.43 Å². The summed E-state index contributed by atoms with van der Waals surface area (Å²) in [6.07, 6.45) is 3.84. The fourth-order valence-electron chi connectivity index (χ4n) is 5.21. The van der Waals surface area contributed by atoms with Crippen molar-refractivity contribution in [3.63, 3.8) is 0 Å². The van der Waals surface area contributed by atoms with Gasteiger partial charge >= 0.3 is 0 Å². The second kappa shape index (κ2) is 10.00. The molecule has 0 fully saturated rings. The molecule has 0 atom stereocenters. The molecule has 3 aromatic rings. The van der Waals surface area contributed by atoms with Crippen molar-refractivity contribution < 1.29 is 12.8 Å². The van der Waals surface area contributed by atoms with Crippen molar-refractivity contribution in [2.24, 2.45) is 0 Å². The zero-order valence-electron chi connectivity index (χ0n) is 20.9. The number of benzene rings is 2. The van der Waals surface area contributed by atoms with Crippen LogP contribution in [-0.4, -0.2) is 27.3 Å². The van der Waals surface area contributed by atoms with Crippen LogP contribution in [0.15, 0.2) is 65.6 Å². The maximum absolute atomic E-state index is 13.6. The summed E-state index contributed by atoms with van der Waals surface area (Å²) in [5.41, 5.74) is 3.83. The maximum atomic E-state index is 13.6. The fourth-order valence-corrected chi connectivity index (χ4v) is 12.1. The zero-order valence-corrected chi connectivity index (χ0v) is 22.7. The van der Waals surface area contributed by atoms with E-state index < -0.39 is 18.3 Å². The van der Waals surface area contributed by atoms with Crippen molar-refractivity contribution >= 4 is 35.3 Å². The normalized spacial score (nSPS) is 13.3. The molecule has 178 valence electrons. The van der Waals surface area contributed by atoms with E-state index in [9.17, 15) is 8.42 Å². The van der Waals surface area contributed by atoms with Crippen molar-refractivity contribution in [3.05, 3.63) is 71.9 Å². The molecule has 0 N–H and O–H groups in total. The monoisotopic (exact) mass is 483 g/mol. The number of nitrogens with zero attached hydrogens (tertiary/aromatic N) is 1. The predicted molar refractivity (Wildman–Crippen MR) is 142 cm³/mol. The summed E-state index contributed by atoms with van der Waals surface area (Å²) in [6, 6.07) is 16.5. The number of aromatic nitrogens is 1. The second-order valence-corrected chi connectivity index (χ2v) is 17.0. The number of para-hydroxylation sites is 1. The third-order valence-electron chi connectivity index (χ3n) is 6.68. The van der Waals surface area contributed by atoms with Gasteiger partial charge in [-0.2, -0.15) is 0 Å². The Morgan fingerprint density at radius 2 is 1.48 bits per heavy atom. The van der Waals surface area contributed by atoms with Crippen molar-refractivity contribution in [3.8, 4) is 0 Å². The summed E-state index contributed by atoms with van der Waals surface area (Å²) >= 11 is 0. The highest BCUT2D eigenvalue weighted by molar-refractivity contribution is 7.90. The molecule has 0 saturated carbocycles. The second-order valence-electron chi connectivity index (χ2n) is 9.74. The lowest BCUT2D eigenvalue weighted by molar-refractivity contribution is 0.316. The van der Waals surface area contributed by atoms with Gasteiger partial charge in [0.15, 0.2) is 0 Å². The van der Waals surface area contributed by atoms with E-state index >= 15 is 0 Å². The molecule has 0 radical (unpaired) electrons.